The van der Waals surface area contributed by atoms with Gasteiger partial charge in [0.05, 0.1) is 11.0 Å². The highest BCUT2D eigenvalue weighted by molar-refractivity contribution is 5.74. The fourth-order valence-corrected chi connectivity index (χ4v) is 1.52. The van der Waals surface area contributed by atoms with Crippen molar-refractivity contribution in [2.24, 2.45) is 5.73 Å². The van der Waals surface area contributed by atoms with Gasteiger partial charge in [-0.25, -0.2) is 4.79 Å². The highest BCUT2D eigenvalue weighted by Crippen LogP contribution is 2.09. The van der Waals surface area contributed by atoms with Gasteiger partial charge in [0.15, 0.2) is 0 Å². The van der Waals surface area contributed by atoms with E-state index in [2.05, 4.69) is 15.3 Å². The molecule has 1 heterocycles. The molecule has 5 N–H and O–H groups in total. The maximum Gasteiger partial charge on any atom is 0.323 e. The number of imidazole rings is 1. The molecule has 1 aromatic heterocycles. The summed E-state index contributed by atoms with van der Waals surface area (Å²) in [7, 11) is 0. The molecular formula is C10H14N4O. The summed E-state index contributed by atoms with van der Waals surface area (Å²) in [6.07, 6.45) is 0. The molecular weight excluding hydrogens is 192 g/mol. The summed E-state index contributed by atoms with van der Waals surface area (Å²) in [6, 6.07) is 5.83. The van der Waals surface area contributed by atoms with Gasteiger partial charge in [-0.05, 0) is 17.7 Å². The first-order valence-corrected chi connectivity index (χ1v) is 4.91. The van der Waals surface area contributed by atoms with Crippen LogP contribution in [-0.2, 0) is 6.54 Å². The molecule has 0 unspecified atom stereocenters. The maximum atomic E-state index is 11.0. The van der Waals surface area contributed by atoms with Crippen LogP contribution in [0.3, 0.4) is 0 Å². The highest BCUT2D eigenvalue weighted by atomic mass is 16.1. The molecule has 0 bridgehead atoms. The van der Waals surface area contributed by atoms with Gasteiger partial charge >= 0.3 is 5.69 Å². The lowest BCUT2D eigenvalue weighted by Gasteiger charge is -2.02. The average Bonchev–Trinajstić information content (AvgIpc) is 2.57. The first-order valence-electron chi connectivity index (χ1n) is 4.91. The van der Waals surface area contributed by atoms with Crippen LogP contribution in [0.25, 0.3) is 11.0 Å². The second-order valence-corrected chi connectivity index (χ2v) is 3.42. The maximum absolute atomic E-state index is 11.0. The highest BCUT2D eigenvalue weighted by Gasteiger charge is 1.99. The summed E-state index contributed by atoms with van der Waals surface area (Å²) in [5.74, 6) is 0. The van der Waals surface area contributed by atoms with Crippen molar-refractivity contribution < 1.29 is 0 Å². The lowest BCUT2D eigenvalue weighted by molar-refractivity contribution is 0.695. The molecule has 0 amide bonds. The van der Waals surface area contributed by atoms with Crippen LogP contribution in [0.1, 0.15) is 5.56 Å². The first kappa shape index (κ1) is 9.95. The monoisotopic (exact) mass is 206 g/mol. The van der Waals surface area contributed by atoms with Crippen LogP contribution in [0.15, 0.2) is 23.0 Å². The lowest BCUT2D eigenvalue weighted by Crippen LogP contribution is -2.21. The molecule has 80 valence electrons. The number of aromatic amines is 2. The van der Waals surface area contributed by atoms with Crippen LogP contribution in [0.2, 0.25) is 0 Å². The van der Waals surface area contributed by atoms with Crippen molar-refractivity contribution in [3.05, 3.63) is 34.2 Å². The summed E-state index contributed by atoms with van der Waals surface area (Å²) in [6.45, 7) is 2.19. The van der Waals surface area contributed by atoms with Crippen molar-refractivity contribution in [2.45, 2.75) is 6.54 Å². The van der Waals surface area contributed by atoms with Gasteiger partial charge in [0.1, 0.15) is 0 Å². The molecule has 0 fully saturated rings. The molecule has 5 nitrogen and oxygen atoms in total. The SMILES string of the molecule is NCCNCc1ccc2[nH]c(=O)[nH]c2c1. The molecule has 1 aromatic carbocycles. The van der Waals surface area contributed by atoms with Crippen LogP contribution in [0.4, 0.5) is 0 Å². The quantitative estimate of drug-likeness (QED) is 0.527. The van der Waals surface area contributed by atoms with Gasteiger partial charge in [-0.15, -0.1) is 0 Å². The average molecular weight is 206 g/mol. The van der Waals surface area contributed by atoms with Gasteiger partial charge in [-0.2, -0.15) is 0 Å². The predicted octanol–water partition coefficient (Wildman–Crippen LogP) is -0.0955. The third-order valence-corrected chi connectivity index (χ3v) is 2.23. The van der Waals surface area contributed by atoms with Crippen molar-refractivity contribution in [2.75, 3.05) is 13.1 Å². The Morgan fingerprint density at radius 3 is 2.87 bits per heavy atom. The third-order valence-electron chi connectivity index (χ3n) is 2.23. The van der Waals surface area contributed by atoms with E-state index in [9.17, 15) is 4.79 Å². The van der Waals surface area contributed by atoms with Crippen LogP contribution < -0.4 is 16.7 Å². The van der Waals surface area contributed by atoms with Gasteiger partial charge < -0.3 is 21.0 Å². The predicted molar refractivity (Wildman–Crippen MR) is 59.7 cm³/mol. The van der Waals surface area contributed by atoms with E-state index in [1.54, 1.807) is 0 Å². The van der Waals surface area contributed by atoms with Crippen molar-refractivity contribution in [3.63, 3.8) is 0 Å². The minimum atomic E-state index is -0.169. The lowest BCUT2D eigenvalue weighted by atomic mass is 10.2. The topological polar surface area (TPSA) is 86.7 Å². The summed E-state index contributed by atoms with van der Waals surface area (Å²) in [4.78, 5) is 16.4. The largest absolute Gasteiger partial charge is 0.329 e. The van der Waals surface area contributed by atoms with E-state index in [4.69, 9.17) is 5.73 Å². The van der Waals surface area contributed by atoms with E-state index >= 15 is 0 Å². The molecule has 5 heteroatoms. The van der Waals surface area contributed by atoms with Crippen molar-refractivity contribution >= 4 is 11.0 Å². The number of nitrogens with two attached hydrogens (primary N) is 1. The zero-order chi connectivity index (χ0) is 10.7. The third kappa shape index (κ3) is 2.26. The first-order chi connectivity index (χ1) is 7.29. The second kappa shape index (κ2) is 4.29. The summed E-state index contributed by atoms with van der Waals surface area (Å²) >= 11 is 0. The van der Waals surface area contributed by atoms with Crippen molar-refractivity contribution in [1.82, 2.24) is 15.3 Å². The van der Waals surface area contributed by atoms with E-state index in [1.165, 1.54) is 0 Å². The van der Waals surface area contributed by atoms with Gasteiger partial charge in [-0.3, -0.25) is 0 Å². The number of rotatable bonds is 4. The molecule has 15 heavy (non-hydrogen) atoms. The standard InChI is InChI=1S/C10H14N4O/c11-3-4-12-6-7-1-2-8-9(5-7)14-10(15)13-8/h1-2,5,12H,3-4,6,11H2,(H2,13,14,15). The Labute approximate surface area is 86.7 Å². The molecule has 2 rings (SSSR count). The Bertz CT molecular complexity index is 499. The molecule has 0 aliphatic rings. The molecule has 0 aliphatic heterocycles. The van der Waals surface area contributed by atoms with Crippen molar-refractivity contribution in [1.29, 1.82) is 0 Å². The molecule has 0 saturated heterocycles. The van der Waals surface area contributed by atoms with Gasteiger partial charge in [0.2, 0.25) is 0 Å². The Balaban J connectivity index is 2.19. The number of benzene rings is 1. The number of H-pyrrole nitrogens is 2. The number of nitrogens with one attached hydrogen (secondary N) is 3. The Hall–Kier alpha value is -1.59. The van der Waals surface area contributed by atoms with Crippen LogP contribution in [-0.4, -0.2) is 23.1 Å². The van der Waals surface area contributed by atoms with Crippen LogP contribution in [0, 0.1) is 0 Å². The molecule has 0 atom stereocenters. The number of aromatic nitrogens is 2. The Morgan fingerprint density at radius 1 is 1.27 bits per heavy atom. The fourth-order valence-electron chi connectivity index (χ4n) is 1.52. The number of fused-ring (bicyclic) bond motifs is 1. The normalized spacial score (nSPS) is 11.0. The van der Waals surface area contributed by atoms with Crippen molar-refractivity contribution in [3.8, 4) is 0 Å². The van der Waals surface area contributed by atoms with E-state index in [-0.39, 0.29) is 5.69 Å². The molecule has 2 aromatic rings. The Morgan fingerprint density at radius 2 is 2.07 bits per heavy atom. The van der Waals surface area contributed by atoms with Gasteiger partial charge in [0, 0.05) is 19.6 Å². The Kier molecular flexibility index (Phi) is 2.84. The summed E-state index contributed by atoms with van der Waals surface area (Å²) in [5.41, 5.74) is 8.01. The minimum absolute atomic E-state index is 0.169. The zero-order valence-electron chi connectivity index (χ0n) is 8.34. The molecule has 0 radical (unpaired) electrons. The summed E-state index contributed by atoms with van der Waals surface area (Å²) < 4.78 is 0. The molecule has 0 saturated carbocycles. The summed E-state index contributed by atoms with van der Waals surface area (Å²) in [5, 5.41) is 3.20. The van der Waals surface area contributed by atoms with E-state index in [0.717, 1.165) is 29.7 Å². The molecule has 0 aliphatic carbocycles. The van der Waals surface area contributed by atoms with Crippen LogP contribution >= 0.6 is 0 Å². The fraction of sp³-hybridized carbons (Fsp3) is 0.300. The van der Waals surface area contributed by atoms with E-state index in [1.807, 2.05) is 18.2 Å². The van der Waals surface area contributed by atoms with Gasteiger partial charge in [-0.1, -0.05) is 6.07 Å². The smallest absolute Gasteiger partial charge is 0.323 e. The minimum Gasteiger partial charge on any atom is -0.329 e. The number of hydrogen-bond acceptors (Lipinski definition) is 3. The van der Waals surface area contributed by atoms with E-state index < -0.39 is 0 Å². The van der Waals surface area contributed by atoms with E-state index in [0.29, 0.717) is 6.54 Å². The van der Waals surface area contributed by atoms with Crippen LogP contribution in [0.5, 0.6) is 0 Å². The zero-order valence-corrected chi connectivity index (χ0v) is 8.34. The second-order valence-electron chi connectivity index (χ2n) is 3.42. The molecule has 0 spiro atoms. The number of hydrogen-bond donors (Lipinski definition) is 4. The van der Waals surface area contributed by atoms with Gasteiger partial charge in [0.25, 0.3) is 0 Å².